The minimum atomic E-state index is -1.07. The first-order valence-corrected chi connectivity index (χ1v) is 11.9. The molecule has 0 fully saturated rings. The maximum Gasteiger partial charge on any atom is 0.326 e. The minimum Gasteiger partial charge on any atom is -0.480 e. The van der Waals surface area contributed by atoms with Crippen molar-refractivity contribution in [2.75, 3.05) is 19.6 Å². The van der Waals surface area contributed by atoms with Gasteiger partial charge < -0.3 is 25.7 Å². The predicted molar refractivity (Wildman–Crippen MR) is 130 cm³/mol. The highest BCUT2D eigenvalue weighted by Crippen LogP contribution is 2.24. The van der Waals surface area contributed by atoms with Gasteiger partial charge in [-0.3, -0.25) is 19.9 Å². The van der Waals surface area contributed by atoms with Crippen molar-refractivity contribution >= 4 is 23.8 Å². The molecule has 34 heavy (non-hydrogen) atoms. The second-order valence-electron chi connectivity index (χ2n) is 8.35. The lowest BCUT2D eigenvalue weighted by Crippen LogP contribution is -2.56. The van der Waals surface area contributed by atoms with Crippen molar-refractivity contribution in [1.29, 1.82) is 0 Å². The number of aliphatic carboxylic acids is 2. The number of nitrogens with zero attached hydrogens (tertiary/aromatic N) is 2. The third-order valence-electron chi connectivity index (χ3n) is 5.81. The lowest BCUT2D eigenvalue weighted by atomic mass is 9.93. The molecule has 1 aromatic carbocycles. The summed E-state index contributed by atoms with van der Waals surface area (Å²) < 4.78 is 0. The van der Waals surface area contributed by atoms with Crippen molar-refractivity contribution in [3.05, 3.63) is 35.4 Å². The van der Waals surface area contributed by atoms with E-state index in [0.29, 0.717) is 25.9 Å². The number of carbonyl (C=O) groups excluding carboxylic acids is 1. The summed E-state index contributed by atoms with van der Waals surface area (Å²) in [4.78, 5) is 42.4. The Morgan fingerprint density at radius 1 is 1.12 bits per heavy atom. The van der Waals surface area contributed by atoms with Gasteiger partial charge in [0.15, 0.2) is 5.96 Å². The molecule has 10 heteroatoms. The Bertz CT molecular complexity index is 875. The van der Waals surface area contributed by atoms with Gasteiger partial charge in [0.1, 0.15) is 12.1 Å². The molecule has 2 rings (SSSR count). The number of carboxylic acids is 2. The van der Waals surface area contributed by atoms with Crippen LogP contribution >= 0.6 is 0 Å². The van der Waals surface area contributed by atoms with Gasteiger partial charge in [0.05, 0.1) is 6.04 Å². The lowest BCUT2D eigenvalue weighted by Gasteiger charge is -2.36. The zero-order valence-corrected chi connectivity index (χ0v) is 20.2. The predicted octanol–water partition coefficient (Wildman–Crippen LogP) is 1.20. The average Bonchev–Trinajstić information content (AvgIpc) is 2.81. The van der Waals surface area contributed by atoms with E-state index in [-0.39, 0.29) is 13.0 Å². The molecular weight excluding hydrogens is 438 g/mol. The first kappa shape index (κ1) is 27.1. The second-order valence-corrected chi connectivity index (χ2v) is 8.35. The largest absolute Gasteiger partial charge is 0.480 e. The molecule has 1 aromatic rings. The van der Waals surface area contributed by atoms with E-state index in [1.807, 2.05) is 38.1 Å². The van der Waals surface area contributed by atoms with E-state index in [2.05, 4.69) is 20.9 Å². The molecular formula is C24H37N5O5. The van der Waals surface area contributed by atoms with Gasteiger partial charge in [0.2, 0.25) is 5.91 Å². The van der Waals surface area contributed by atoms with Crippen LogP contribution < -0.4 is 16.0 Å². The molecule has 5 N–H and O–H groups in total. The summed E-state index contributed by atoms with van der Waals surface area (Å²) in [5, 5.41) is 28.6. The Balaban J connectivity index is 1.92. The van der Waals surface area contributed by atoms with Crippen LogP contribution in [0.25, 0.3) is 0 Å². The van der Waals surface area contributed by atoms with Gasteiger partial charge in [0.25, 0.3) is 0 Å². The fraction of sp³-hybridized carbons (Fsp3) is 0.583. The number of unbranched alkanes of at least 4 members (excludes halogenated alkanes) is 1. The number of amides is 1. The Hall–Kier alpha value is -3.14. The fourth-order valence-electron chi connectivity index (χ4n) is 4.06. The highest BCUT2D eigenvalue weighted by atomic mass is 16.4. The van der Waals surface area contributed by atoms with Gasteiger partial charge in [-0.05, 0) is 51.2 Å². The molecule has 188 valence electrons. The van der Waals surface area contributed by atoms with E-state index in [1.54, 1.807) is 6.92 Å². The molecule has 0 aliphatic carbocycles. The van der Waals surface area contributed by atoms with E-state index in [4.69, 9.17) is 0 Å². The van der Waals surface area contributed by atoms with E-state index >= 15 is 0 Å². The number of benzene rings is 1. The van der Waals surface area contributed by atoms with Crippen LogP contribution in [0.5, 0.6) is 0 Å². The van der Waals surface area contributed by atoms with Crippen molar-refractivity contribution < 1.29 is 24.6 Å². The number of aliphatic imine (C=N–C) groups is 1. The van der Waals surface area contributed by atoms with Crippen molar-refractivity contribution in [3.63, 3.8) is 0 Å². The summed E-state index contributed by atoms with van der Waals surface area (Å²) in [5.41, 5.74) is 1.82. The molecule has 0 saturated heterocycles. The Morgan fingerprint density at radius 2 is 1.82 bits per heavy atom. The molecule has 0 radical (unpaired) electrons. The van der Waals surface area contributed by atoms with Gasteiger partial charge in [-0.15, -0.1) is 0 Å². The summed E-state index contributed by atoms with van der Waals surface area (Å²) >= 11 is 0. The van der Waals surface area contributed by atoms with Crippen LogP contribution in [0.3, 0.4) is 0 Å². The summed E-state index contributed by atoms with van der Waals surface area (Å²) in [6, 6.07) is 4.75. The van der Waals surface area contributed by atoms with Crippen LogP contribution in [-0.2, 0) is 27.3 Å². The number of nitrogens with one attached hydrogen (secondary N) is 3. The number of hydrogen-bond donors (Lipinski definition) is 5. The Morgan fingerprint density at radius 3 is 2.44 bits per heavy atom. The van der Waals surface area contributed by atoms with Gasteiger partial charge >= 0.3 is 11.9 Å². The summed E-state index contributed by atoms with van der Waals surface area (Å²) in [6.45, 7) is 7.79. The number of carboxylic acid groups (broad SMARTS) is 2. The van der Waals surface area contributed by atoms with Crippen molar-refractivity contribution in [3.8, 4) is 0 Å². The third kappa shape index (κ3) is 7.72. The molecule has 10 nitrogen and oxygen atoms in total. The molecule has 0 spiro atoms. The van der Waals surface area contributed by atoms with E-state index in [9.17, 15) is 24.6 Å². The molecule has 1 amide bonds. The first-order valence-electron chi connectivity index (χ1n) is 11.9. The molecule has 0 aromatic heterocycles. The first-order chi connectivity index (χ1) is 16.3. The second kappa shape index (κ2) is 13.5. The third-order valence-corrected chi connectivity index (χ3v) is 5.81. The summed E-state index contributed by atoms with van der Waals surface area (Å²) in [6.07, 6.45) is 1.96. The number of hydrogen-bond acceptors (Lipinski definition) is 5. The fourth-order valence-corrected chi connectivity index (χ4v) is 4.06. The topological polar surface area (TPSA) is 143 Å². The van der Waals surface area contributed by atoms with E-state index < -0.39 is 36.0 Å². The molecule has 0 bridgehead atoms. The van der Waals surface area contributed by atoms with Crippen molar-refractivity contribution in [2.24, 2.45) is 4.99 Å². The average molecular weight is 476 g/mol. The highest BCUT2D eigenvalue weighted by Gasteiger charge is 2.37. The van der Waals surface area contributed by atoms with Crippen LogP contribution in [0.2, 0.25) is 0 Å². The Kier molecular flexibility index (Phi) is 10.8. The van der Waals surface area contributed by atoms with Crippen LogP contribution in [0.1, 0.15) is 51.2 Å². The number of guanidine groups is 1. The van der Waals surface area contributed by atoms with Crippen molar-refractivity contribution in [2.45, 2.75) is 71.1 Å². The summed E-state index contributed by atoms with van der Waals surface area (Å²) in [5.74, 6) is -1.79. The maximum atomic E-state index is 13.1. The molecule has 0 unspecified atom stereocenters. The minimum absolute atomic E-state index is 0.189. The van der Waals surface area contributed by atoms with Crippen LogP contribution in [0.15, 0.2) is 29.3 Å². The van der Waals surface area contributed by atoms with Gasteiger partial charge in [-0.2, -0.15) is 0 Å². The summed E-state index contributed by atoms with van der Waals surface area (Å²) in [7, 11) is 0. The van der Waals surface area contributed by atoms with Crippen LogP contribution in [0, 0.1) is 0 Å². The van der Waals surface area contributed by atoms with Crippen LogP contribution in [0.4, 0.5) is 0 Å². The number of carbonyl (C=O) groups is 3. The monoisotopic (exact) mass is 475 g/mol. The van der Waals surface area contributed by atoms with Crippen LogP contribution in [-0.4, -0.2) is 76.7 Å². The van der Waals surface area contributed by atoms with E-state index in [0.717, 1.165) is 30.1 Å². The maximum absolute atomic E-state index is 13.1. The normalized spacial score (nSPS) is 17.4. The van der Waals surface area contributed by atoms with Crippen molar-refractivity contribution in [1.82, 2.24) is 20.9 Å². The number of fused-ring (bicyclic) bond motifs is 1. The zero-order valence-electron chi connectivity index (χ0n) is 20.2. The quantitative estimate of drug-likeness (QED) is 0.172. The molecule has 1 aliphatic heterocycles. The molecule has 3 atom stereocenters. The van der Waals surface area contributed by atoms with Gasteiger partial charge in [0, 0.05) is 32.6 Å². The highest BCUT2D eigenvalue weighted by molar-refractivity contribution is 5.88. The molecule has 1 heterocycles. The lowest BCUT2D eigenvalue weighted by molar-refractivity contribution is -0.152. The standard InChI is InChI=1S/C24H37N5O5/c1-4-25-24(26-5-2)27-13-9-8-12-19(22(31)32)28-16(3)21(30)29-15-18-11-7-6-10-17(18)14-20(29)23(33)34/h6-7,10-11,16,19-20,28H,4-5,8-9,12-15H2,1-3H3,(H,31,32)(H,33,34)(H2,25,26,27)/t16-,19-,20-/m0/s1. The van der Waals surface area contributed by atoms with Gasteiger partial charge in [-0.25, -0.2) is 4.79 Å². The SMILES string of the molecule is CCN=C(NCC)NCCCC[C@H](N[C@@H](C)C(=O)N1Cc2ccccc2C[C@H]1C(=O)O)C(=O)O. The molecule has 1 aliphatic rings. The molecule has 0 saturated carbocycles. The van der Waals surface area contributed by atoms with Gasteiger partial charge in [-0.1, -0.05) is 24.3 Å². The Labute approximate surface area is 200 Å². The number of rotatable bonds is 12. The zero-order chi connectivity index (χ0) is 25.1. The van der Waals surface area contributed by atoms with E-state index in [1.165, 1.54) is 4.90 Å². The smallest absolute Gasteiger partial charge is 0.326 e.